The second kappa shape index (κ2) is 6.35. The third-order valence-corrected chi connectivity index (χ3v) is 3.86. The Labute approximate surface area is 121 Å². The molecule has 0 fully saturated rings. The average molecular weight is 306 g/mol. The smallest absolute Gasteiger partial charge is 0.264 e. The molecule has 0 saturated carbocycles. The van der Waals surface area contributed by atoms with Gasteiger partial charge in [0, 0.05) is 5.56 Å². The third-order valence-electron chi connectivity index (χ3n) is 2.45. The molecule has 2 rings (SSSR count). The fourth-order valence-corrected chi connectivity index (χ4v) is 2.74. The SMILES string of the molecule is O=S(=O)(Nc1ccc(F)cn1)c1ccccc1C#CCO. The lowest BCUT2D eigenvalue weighted by atomic mass is 10.2. The Balaban J connectivity index is 2.38. The Morgan fingerprint density at radius 2 is 2.00 bits per heavy atom. The zero-order chi connectivity index (χ0) is 15.3. The number of pyridine rings is 1. The van der Waals surface area contributed by atoms with Crippen molar-refractivity contribution in [3.8, 4) is 11.8 Å². The van der Waals surface area contributed by atoms with Crippen LogP contribution in [0.1, 0.15) is 5.56 Å². The Bertz CT molecular complexity index is 793. The molecular weight excluding hydrogens is 295 g/mol. The molecule has 2 aromatic rings. The molecule has 21 heavy (non-hydrogen) atoms. The predicted octanol–water partition coefficient (Wildman–Crippen LogP) is 1.37. The van der Waals surface area contributed by atoms with E-state index < -0.39 is 15.8 Å². The van der Waals surface area contributed by atoms with E-state index in [2.05, 4.69) is 21.5 Å². The van der Waals surface area contributed by atoms with Crippen LogP contribution in [0.15, 0.2) is 47.5 Å². The van der Waals surface area contributed by atoms with Gasteiger partial charge < -0.3 is 5.11 Å². The second-order valence-corrected chi connectivity index (χ2v) is 5.57. The molecule has 2 N–H and O–H groups in total. The van der Waals surface area contributed by atoms with Gasteiger partial charge in [0.1, 0.15) is 23.1 Å². The summed E-state index contributed by atoms with van der Waals surface area (Å²) >= 11 is 0. The molecule has 7 heteroatoms. The van der Waals surface area contributed by atoms with E-state index in [1.54, 1.807) is 12.1 Å². The minimum absolute atomic E-state index is 0.00122. The molecule has 1 heterocycles. The van der Waals surface area contributed by atoms with Crippen molar-refractivity contribution in [2.75, 3.05) is 11.3 Å². The fourth-order valence-electron chi connectivity index (χ4n) is 1.57. The summed E-state index contributed by atoms with van der Waals surface area (Å²) in [4.78, 5) is 3.60. The lowest BCUT2D eigenvalue weighted by Gasteiger charge is -2.08. The Hall–Kier alpha value is -2.43. The molecule has 0 atom stereocenters. The van der Waals surface area contributed by atoms with Crippen LogP contribution in [-0.2, 0) is 10.0 Å². The number of aliphatic hydroxyl groups excluding tert-OH is 1. The van der Waals surface area contributed by atoms with Gasteiger partial charge in [-0.2, -0.15) is 0 Å². The molecule has 1 aromatic heterocycles. The summed E-state index contributed by atoms with van der Waals surface area (Å²) in [5.41, 5.74) is 0.251. The lowest BCUT2D eigenvalue weighted by Crippen LogP contribution is -2.15. The summed E-state index contributed by atoms with van der Waals surface area (Å²) in [6.07, 6.45) is 0.912. The molecule has 0 saturated heterocycles. The minimum atomic E-state index is -3.91. The van der Waals surface area contributed by atoms with Gasteiger partial charge in [0.2, 0.25) is 0 Å². The average Bonchev–Trinajstić information content (AvgIpc) is 2.47. The maximum atomic E-state index is 12.8. The van der Waals surface area contributed by atoms with Crippen LogP contribution >= 0.6 is 0 Å². The first kappa shape index (κ1) is 15.0. The van der Waals surface area contributed by atoms with E-state index in [9.17, 15) is 12.8 Å². The predicted molar refractivity (Wildman–Crippen MR) is 75.4 cm³/mol. The molecule has 0 aliphatic heterocycles. The molecule has 0 radical (unpaired) electrons. The number of anilines is 1. The van der Waals surface area contributed by atoms with Crippen LogP contribution in [0.3, 0.4) is 0 Å². The summed E-state index contributed by atoms with van der Waals surface area (Å²) in [5.74, 6) is 4.40. The highest BCUT2D eigenvalue weighted by Crippen LogP contribution is 2.18. The maximum absolute atomic E-state index is 12.8. The van der Waals surface area contributed by atoms with Gasteiger partial charge >= 0.3 is 0 Å². The van der Waals surface area contributed by atoms with Crippen LogP contribution in [0.2, 0.25) is 0 Å². The van der Waals surface area contributed by atoms with Crippen LogP contribution < -0.4 is 4.72 Å². The van der Waals surface area contributed by atoms with Crippen molar-refractivity contribution in [2.24, 2.45) is 0 Å². The van der Waals surface area contributed by atoms with Crippen LogP contribution in [-0.4, -0.2) is 25.1 Å². The fraction of sp³-hybridized carbons (Fsp3) is 0.0714. The standard InChI is InChI=1S/C14H11FN2O3S/c15-12-7-8-14(16-10-12)17-21(19,20)13-6-2-1-4-11(13)5-3-9-18/h1-2,4,6-8,10,18H,9H2,(H,16,17). The summed E-state index contributed by atoms with van der Waals surface area (Å²) in [5, 5.41) is 8.70. The molecule has 0 unspecified atom stereocenters. The van der Waals surface area contributed by atoms with Gasteiger partial charge in [0.25, 0.3) is 10.0 Å². The van der Waals surface area contributed by atoms with Gasteiger partial charge in [0.15, 0.2) is 0 Å². The highest BCUT2D eigenvalue weighted by Gasteiger charge is 2.18. The van der Waals surface area contributed by atoms with Gasteiger partial charge in [-0.3, -0.25) is 4.72 Å². The van der Waals surface area contributed by atoms with Gasteiger partial charge in [0.05, 0.1) is 6.20 Å². The van der Waals surface area contributed by atoms with Crippen molar-refractivity contribution in [2.45, 2.75) is 4.90 Å². The first-order valence-corrected chi connectivity index (χ1v) is 7.34. The van der Waals surface area contributed by atoms with Crippen molar-refractivity contribution >= 4 is 15.8 Å². The third kappa shape index (κ3) is 3.78. The number of hydrogen-bond acceptors (Lipinski definition) is 4. The number of nitrogens with zero attached hydrogens (tertiary/aromatic N) is 1. The maximum Gasteiger partial charge on any atom is 0.264 e. The van der Waals surface area contributed by atoms with Crippen molar-refractivity contribution in [1.29, 1.82) is 0 Å². The summed E-state index contributed by atoms with van der Waals surface area (Å²) in [7, 11) is -3.91. The van der Waals surface area contributed by atoms with Gasteiger partial charge in [-0.1, -0.05) is 24.0 Å². The summed E-state index contributed by atoms with van der Waals surface area (Å²) < 4.78 is 39.6. The van der Waals surface area contributed by atoms with Gasteiger partial charge in [-0.15, -0.1) is 0 Å². The number of rotatable bonds is 3. The Morgan fingerprint density at radius 3 is 2.67 bits per heavy atom. The zero-order valence-electron chi connectivity index (χ0n) is 10.7. The van der Waals surface area contributed by atoms with E-state index in [0.717, 1.165) is 12.3 Å². The minimum Gasteiger partial charge on any atom is -0.384 e. The highest BCUT2D eigenvalue weighted by molar-refractivity contribution is 7.92. The number of aliphatic hydroxyl groups is 1. The summed E-state index contributed by atoms with van der Waals surface area (Å²) in [6.45, 7) is -0.374. The molecule has 1 aromatic carbocycles. The number of benzene rings is 1. The first-order valence-electron chi connectivity index (χ1n) is 5.86. The van der Waals surface area contributed by atoms with Crippen LogP contribution in [0.4, 0.5) is 10.2 Å². The Kier molecular flexibility index (Phi) is 4.52. The number of hydrogen-bond donors (Lipinski definition) is 2. The topological polar surface area (TPSA) is 79.3 Å². The largest absolute Gasteiger partial charge is 0.384 e. The second-order valence-electron chi connectivity index (χ2n) is 3.92. The van der Waals surface area contributed by atoms with Crippen LogP contribution in [0.25, 0.3) is 0 Å². The van der Waals surface area contributed by atoms with Crippen molar-refractivity contribution in [3.63, 3.8) is 0 Å². The normalized spacial score (nSPS) is 10.6. The molecule has 5 nitrogen and oxygen atoms in total. The number of aromatic nitrogens is 1. The zero-order valence-corrected chi connectivity index (χ0v) is 11.6. The van der Waals surface area contributed by atoms with E-state index in [1.807, 2.05) is 0 Å². The monoisotopic (exact) mass is 306 g/mol. The van der Waals surface area contributed by atoms with E-state index in [0.29, 0.717) is 0 Å². The van der Waals surface area contributed by atoms with Crippen LogP contribution in [0, 0.1) is 17.7 Å². The Morgan fingerprint density at radius 1 is 1.24 bits per heavy atom. The van der Waals surface area contributed by atoms with E-state index in [4.69, 9.17) is 5.11 Å². The number of halogens is 1. The number of sulfonamides is 1. The quantitative estimate of drug-likeness (QED) is 0.839. The van der Waals surface area contributed by atoms with E-state index in [1.165, 1.54) is 18.2 Å². The van der Waals surface area contributed by atoms with Crippen molar-refractivity contribution in [3.05, 3.63) is 54.0 Å². The molecular formula is C14H11FN2O3S. The summed E-state index contributed by atoms with van der Waals surface area (Å²) in [6, 6.07) is 8.41. The molecule has 108 valence electrons. The number of nitrogens with one attached hydrogen (secondary N) is 1. The highest BCUT2D eigenvalue weighted by atomic mass is 32.2. The van der Waals surface area contributed by atoms with Gasteiger partial charge in [-0.05, 0) is 24.3 Å². The van der Waals surface area contributed by atoms with Crippen molar-refractivity contribution < 1.29 is 17.9 Å². The molecule has 0 spiro atoms. The van der Waals surface area contributed by atoms with E-state index in [-0.39, 0.29) is 22.9 Å². The molecule has 0 bridgehead atoms. The molecule has 0 amide bonds. The molecule has 0 aliphatic rings. The first-order chi connectivity index (χ1) is 10.0. The molecule has 0 aliphatic carbocycles. The van der Waals surface area contributed by atoms with Crippen LogP contribution in [0.5, 0.6) is 0 Å². The lowest BCUT2D eigenvalue weighted by molar-refractivity contribution is 0.350. The van der Waals surface area contributed by atoms with E-state index >= 15 is 0 Å². The van der Waals surface area contributed by atoms with Crippen molar-refractivity contribution in [1.82, 2.24) is 4.98 Å². The van der Waals surface area contributed by atoms with Gasteiger partial charge in [-0.25, -0.2) is 17.8 Å².